The maximum atomic E-state index is 6.33. The number of benzene rings is 1. The van der Waals surface area contributed by atoms with Crippen LogP contribution in [0.1, 0.15) is 37.3 Å². The second kappa shape index (κ2) is 4.60. The first-order valence-electron chi connectivity index (χ1n) is 6.52. The molecule has 3 rings (SSSR count). The highest BCUT2D eigenvalue weighted by molar-refractivity contribution is 6.30. The second-order valence-corrected chi connectivity index (χ2v) is 5.71. The first-order chi connectivity index (χ1) is 8.25. The van der Waals surface area contributed by atoms with Crippen LogP contribution in [0.4, 0.5) is 0 Å². The van der Waals surface area contributed by atoms with E-state index in [2.05, 4.69) is 17.0 Å². The summed E-state index contributed by atoms with van der Waals surface area (Å²) in [6, 6.07) is 9.66. The fourth-order valence-electron chi connectivity index (χ4n) is 2.97. The highest BCUT2D eigenvalue weighted by Gasteiger charge is 2.39. The largest absolute Gasteiger partial charge is 0.326 e. The SMILES string of the molecule is NC1CCCN(C2CC2)C1c1ccc(Cl)cc1. The Morgan fingerprint density at radius 2 is 1.82 bits per heavy atom. The molecule has 3 heteroatoms. The van der Waals surface area contributed by atoms with Gasteiger partial charge in [0.05, 0.1) is 6.04 Å². The quantitative estimate of drug-likeness (QED) is 0.875. The molecule has 2 atom stereocenters. The van der Waals surface area contributed by atoms with E-state index >= 15 is 0 Å². The number of likely N-dealkylation sites (tertiary alicyclic amines) is 1. The molecule has 2 nitrogen and oxygen atoms in total. The lowest BCUT2D eigenvalue weighted by molar-refractivity contribution is 0.120. The summed E-state index contributed by atoms with van der Waals surface area (Å²) in [4.78, 5) is 2.61. The molecule has 2 fully saturated rings. The van der Waals surface area contributed by atoms with Gasteiger partial charge in [0.25, 0.3) is 0 Å². The Balaban J connectivity index is 1.87. The number of halogens is 1. The molecular weight excluding hydrogens is 232 g/mol. The molecule has 0 aromatic heterocycles. The van der Waals surface area contributed by atoms with Gasteiger partial charge >= 0.3 is 0 Å². The monoisotopic (exact) mass is 250 g/mol. The number of nitrogens with zero attached hydrogens (tertiary/aromatic N) is 1. The summed E-state index contributed by atoms with van der Waals surface area (Å²) >= 11 is 5.95. The number of nitrogens with two attached hydrogens (primary N) is 1. The van der Waals surface area contributed by atoms with Crippen LogP contribution in [0.25, 0.3) is 0 Å². The summed E-state index contributed by atoms with van der Waals surface area (Å²) in [6.07, 6.45) is 5.06. The van der Waals surface area contributed by atoms with E-state index in [1.54, 1.807) is 0 Å². The minimum absolute atomic E-state index is 0.269. The minimum Gasteiger partial charge on any atom is -0.326 e. The van der Waals surface area contributed by atoms with Gasteiger partial charge in [-0.2, -0.15) is 0 Å². The van der Waals surface area contributed by atoms with Crippen molar-refractivity contribution < 1.29 is 0 Å². The Labute approximate surface area is 108 Å². The first-order valence-corrected chi connectivity index (χ1v) is 6.90. The third-order valence-electron chi connectivity index (χ3n) is 3.94. The zero-order chi connectivity index (χ0) is 11.8. The van der Waals surface area contributed by atoms with Gasteiger partial charge in [0, 0.05) is 17.1 Å². The van der Waals surface area contributed by atoms with E-state index in [1.165, 1.54) is 31.4 Å². The Bertz CT molecular complexity index is 386. The molecule has 0 radical (unpaired) electrons. The van der Waals surface area contributed by atoms with Crippen LogP contribution in [-0.4, -0.2) is 23.5 Å². The highest BCUT2D eigenvalue weighted by atomic mass is 35.5. The summed E-state index contributed by atoms with van der Waals surface area (Å²) in [5.74, 6) is 0. The Hall–Kier alpha value is -0.570. The van der Waals surface area contributed by atoms with E-state index in [4.69, 9.17) is 17.3 Å². The Morgan fingerprint density at radius 1 is 1.12 bits per heavy atom. The smallest absolute Gasteiger partial charge is 0.0502 e. The van der Waals surface area contributed by atoms with E-state index in [-0.39, 0.29) is 6.04 Å². The van der Waals surface area contributed by atoms with Crippen molar-refractivity contribution in [3.63, 3.8) is 0 Å². The maximum absolute atomic E-state index is 6.33. The van der Waals surface area contributed by atoms with Gasteiger partial charge in [0.1, 0.15) is 0 Å². The van der Waals surface area contributed by atoms with Crippen LogP contribution in [-0.2, 0) is 0 Å². The van der Waals surface area contributed by atoms with E-state index in [9.17, 15) is 0 Å². The molecule has 0 bridgehead atoms. The third-order valence-corrected chi connectivity index (χ3v) is 4.20. The number of piperidine rings is 1. The van der Waals surface area contributed by atoms with Gasteiger partial charge in [-0.1, -0.05) is 23.7 Å². The molecule has 1 heterocycles. The van der Waals surface area contributed by atoms with Gasteiger partial charge < -0.3 is 5.73 Å². The van der Waals surface area contributed by atoms with Crippen molar-refractivity contribution >= 4 is 11.6 Å². The minimum atomic E-state index is 0.269. The zero-order valence-corrected chi connectivity index (χ0v) is 10.7. The third kappa shape index (κ3) is 2.35. The molecular formula is C14H19ClN2. The van der Waals surface area contributed by atoms with Crippen LogP contribution in [0.5, 0.6) is 0 Å². The fraction of sp³-hybridized carbons (Fsp3) is 0.571. The van der Waals surface area contributed by atoms with Gasteiger partial charge in [-0.05, 0) is 49.9 Å². The molecule has 17 heavy (non-hydrogen) atoms. The normalized spacial score (nSPS) is 30.5. The van der Waals surface area contributed by atoms with Crippen molar-refractivity contribution in [1.82, 2.24) is 4.90 Å². The molecule has 0 amide bonds. The number of hydrogen-bond acceptors (Lipinski definition) is 2. The lowest BCUT2D eigenvalue weighted by Gasteiger charge is -2.40. The topological polar surface area (TPSA) is 29.3 Å². The number of rotatable bonds is 2. The standard InChI is InChI=1S/C14H19ClN2/c15-11-5-3-10(4-6-11)14-13(16)2-1-9-17(14)12-7-8-12/h3-6,12-14H,1-2,7-9,16H2. The molecule has 2 unspecified atom stereocenters. The van der Waals surface area contributed by atoms with Crippen LogP contribution in [0.3, 0.4) is 0 Å². The van der Waals surface area contributed by atoms with Crippen LogP contribution in [0.15, 0.2) is 24.3 Å². The van der Waals surface area contributed by atoms with E-state index in [0.717, 1.165) is 17.5 Å². The zero-order valence-electron chi connectivity index (χ0n) is 9.98. The van der Waals surface area contributed by atoms with E-state index < -0.39 is 0 Å². The van der Waals surface area contributed by atoms with Gasteiger partial charge in [-0.25, -0.2) is 0 Å². The summed E-state index contributed by atoms with van der Waals surface area (Å²) in [6.45, 7) is 1.20. The molecule has 2 N–H and O–H groups in total. The molecule has 1 saturated carbocycles. The Kier molecular flexibility index (Phi) is 3.12. The molecule has 1 aromatic rings. The molecule has 1 aliphatic carbocycles. The van der Waals surface area contributed by atoms with E-state index in [1.807, 2.05) is 12.1 Å². The van der Waals surface area contributed by atoms with E-state index in [0.29, 0.717) is 6.04 Å². The van der Waals surface area contributed by atoms with Crippen molar-refractivity contribution in [1.29, 1.82) is 0 Å². The van der Waals surface area contributed by atoms with Gasteiger partial charge in [0.15, 0.2) is 0 Å². The Morgan fingerprint density at radius 3 is 2.47 bits per heavy atom. The van der Waals surface area contributed by atoms with Crippen LogP contribution in [0.2, 0.25) is 5.02 Å². The molecule has 2 aliphatic rings. The van der Waals surface area contributed by atoms with Gasteiger partial charge in [0.2, 0.25) is 0 Å². The summed E-state index contributed by atoms with van der Waals surface area (Å²) < 4.78 is 0. The predicted octanol–water partition coefficient (Wildman–Crippen LogP) is 2.97. The van der Waals surface area contributed by atoms with Crippen molar-refractivity contribution in [2.45, 2.75) is 43.8 Å². The van der Waals surface area contributed by atoms with Crippen molar-refractivity contribution in [2.24, 2.45) is 5.73 Å². The average molecular weight is 251 g/mol. The van der Waals surface area contributed by atoms with Crippen LogP contribution >= 0.6 is 11.6 Å². The highest BCUT2D eigenvalue weighted by Crippen LogP contribution is 2.39. The van der Waals surface area contributed by atoms with Crippen molar-refractivity contribution in [2.75, 3.05) is 6.54 Å². The molecule has 92 valence electrons. The van der Waals surface area contributed by atoms with Gasteiger partial charge in [-0.15, -0.1) is 0 Å². The predicted molar refractivity (Wildman–Crippen MR) is 71.1 cm³/mol. The summed E-state index contributed by atoms with van der Waals surface area (Å²) in [5, 5.41) is 0.802. The fourth-order valence-corrected chi connectivity index (χ4v) is 3.09. The lowest BCUT2D eigenvalue weighted by atomic mass is 9.91. The maximum Gasteiger partial charge on any atom is 0.0502 e. The van der Waals surface area contributed by atoms with Crippen LogP contribution < -0.4 is 5.73 Å². The first kappa shape index (κ1) is 11.5. The second-order valence-electron chi connectivity index (χ2n) is 5.27. The van der Waals surface area contributed by atoms with Crippen molar-refractivity contribution in [3.8, 4) is 0 Å². The summed E-state index contributed by atoms with van der Waals surface area (Å²) in [5.41, 5.74) is 7.66. The molecule has 1 aromatic carbocycles. The summed E-state index contributed by atoms with van der Waals surface area (Å²) in [7, 11) is 0. The molecule has 1 aliphatic heterocycles. The lowest BCUT2D eigenvalue weighted by Crippen LogP contribution is -2.46. The average Bonchev–Trinajstić information content (AvgIpc) is 3.14. The van der Waals surface area contributed by atoms with Crippen LogP contribution in [0, 0.1) is 0 Å². The molecule has 0 spiro atoms. The number of hydrogen-bond donors (Lipinski definition) is 1. The van der Waals surface area contributed by atoms with Crippen molar-refractivity contribution in [3.05, 3.63) is 34.9 Å². The van der Waals surface area contributed by atoms with Gasteiger partial charge in [-0.3, -0.25) is 4.90 Å². The molecule has 1 saturated heterocycles.